The Morgan fingerprint density at radius 2 is 1.61 bits per heavy atom. The fraction of sp³-hybridized carbons (Fsp3) is 0.0870. The van der Waals surface area contributed by atoms with Gasteiger partial charge in [-0.3, -0.25) is 0 Å². The first-order valence-corrected chi connectivity index (χ1v) is 10.6. The molecular weight excluding hydrogens is 368 g/mol. The molecule has 0 aliphatic heterocycles. The summed E-state index contributed by atoms with van der Waals surface area (Å²) in [6.07, 6.45) is 2.61. The molecule has 5 heteroatoms. The summed E-state index contributed by atoms with van der Waals surface area (Å²) in [4.78, 5) is 8.08. The minimum atomic E-state index is -3.75. The van der Waals surface area contributed by atoms with Crippen molar-refractivity contribution in [1.29, 1.82) is 0 Å². The van der Waals surface area contributed by atoms with Crippen LogP contribution in [0.2, 0.25) is 0 Å². The van der Waals surface area contributed by atoms with Crippen LogP contribution in [0, 0.1) is 0 Å². The summed E-state index contributed by atoms with van der Waals surface area (Å²) in [7, 11) is -3.75. The number of aryl methyl sites for hydroxylation is 1. The Kier molecular flexibility index (Phi) is 4.84. The zero-order chi connectivity index (χ0) is 19.6. The molecule has 4 rings (SSSR count). The minimum absolute atomic E-state index is 0.152. The molecule has 1 aromatic heterocycles. The van der Waals surface area contributed by atoms with E-state index in [-0.39, 0.29) is 9.80 Å². The first-order chi connectivity index (χ1) is 13.6. The van der Waals surface area contributed by atoms with Crippen LogP contribution in [0.5, 0.6) is 0 Å². The van der Waals surface area contributed by atoms with Gasteiger partial charge in [-0.2, -0.15) is 0 Å². The van der Waals surface area contributed by atoms with Crippen molar-refractivity contribution in [3.63, 3.8) is 0 Å². The molecule has 140 valence electrons. The second kappa shape index (κ2) is 7.44. The predicted octanol–water partition coefficient (Wildman–Crippen LogP) is 5.10. The maximum absolute atomic E-state index is 13.4. The monoisotopic (exact) mass is 388 g/mol. The number of hydrogen-bond donors (Lipinski definition) is 1. The van der Waals surface area contributed by atoms with E-state index in [9.17, 15) is 8.42 Å². The molecule has 0 saturated carbocycles. The van der Waals surface area contributed by atoms with Gasteiger partial charge >= 0.3 is 0 Å². The van der Waals surface area contributed by atoms with Gasteiger partial charge in [-0.1, -0.05) is 61.5 Å². The number of sulfone groups is 1. The average Bonchev–Trinajstić information content (AvgIpc) is 3.16. The van der Waals surface area contributed by atoms with Gasteiger partial charge in [0.25, 0.3) is 0 Å². The highest BCUT2D eigenvalue weighted by molar-refractivity contribution is 8.00. The third-order valence-corrected chi connectivity index (χ3v) is 6.43. The Hall–Kier alpha value is -3.18. The largest absolute Gasteiger partial charge is 0.337 e. The fourth-order valence-electron chi connectivity index (χ4n) is 3.07. The number of rotatable bonds is 5. The molecule has 0 fully saturated rings. The van der Waals surface area contributed by atoms with Gasteiger partial charge in [0.05, 0.1) is 15.9 Å². The van der Waals surface area contributed by atoms with Crippen LogP contribution in [-0.4, -0.2) is 18.4 Å². The Bertz CT molecular complexity index is 1210. The van der Waals surface area contributed by atoms with E-state index >= 15 is 0 Å². The molecule has 4 nitrogen and oxygen atoms in total. The Morgan fingerprint density at radius 1 is 0.929 bits per heavy atom. The fourth-order valence-corrected chi connectivity index (χ4v) is 4.48. The Morgan fingerprint density at radius 3 is 2.29 bits per heavy atom. The highest BCUT2D eigenvalue weighted by Gasteiger charge is 2.25. The second-order valence-corrected chi connectivity index (χ2v) is 8.44. The van der Waals surface area contributed by atoms with Gasteiger partial charge in [0.2, 0.25) is 9.84 Å². The molecule has 0 aliphatic carbocycles. The summed E-state index contributed by atoms with van der Waals surface area (Å²) in [5, 5.41) is 0. The van der Waals surface area contributed by atoms with Gasteiger partial charge in [-0.05, 0) is 47.9 Å². The first kappa shape index (κ1) is 18.2. The summed E-state index contributed by atoms with van der Waals surface area (Å²) in [6.45, 7) is 2.09. The highest BCUT2D eigenvalue weighted by Crippen LogP contribution is 2.29. The zero-order valence-corrected chi connectivity index (χ0v) is 16.3. The molecule has 0 aliphatic rings. The molecule has 1 N–H and O–H groups in total. The van der Waals surface area contributed by atoms with Crippen molar-refractivity contribution in [3.05, 3.63) is 95.8 Å². The number of para-hydroxylation sites is 2. The van der Waals surface area contributed by atoms with Crippen LogP contribution in [0.25, 0.3) is 22.0 Å². The van der Waals surface area contributed by atoms with Gasteiger partial charge in [-0.25, -0.2) is 13.4 Å². The lowest BCUT2D eigenvalue weighted by Gasteiger charge is -2.08. The lowest BCUT2D eigenvalue weighted by Crippen LogP contribution is -2.05. The van der Waals surface area contributed by atoms with Crippen LogP contribution in [0.3, 0.4) is 0 Å². The van der Waals surface area contributed by atoms with Crippen LogP contribution in [0.15, 0.2) is 83.8 Å². The number of nitrogens with one attached hydrogen (secondary N) is 1. The number of aromatic nitrogens is 2. The molecule has 4 aromatic rings. The van der Waals surface area contributed by atoms with Crippen LogP contribution < -0.4 is 0 Å². The van der Waals surface area contributed by atoms with E-state index in [0.29, 0.717) is 5.82 Å². The molecule has 0 amide bonds. The number of H-pyrrole nitrogens is 1. The van der Waals surface area contributed by atoms with Gasteiger partial charge in [-0.15, -0.1) is 0 Å². The molecule has 0 atom stereocenters. The average molecular weight is 388 g/mol. The predicted molar refractivity (Wildman–Crippen MR) is 113 cm³/mol. The lowest BCUT2D eigenvalue weighted by atomic mass is 10.1. The topological polar surface area (TPSA) is 62.8 Å². The van der Waals surface area contributed by atoms with E-state index < -0.39 is 9.84 Å². The minimum Gasteiger partial charge on any atom is -0.337 e. The number of aromatic amines is 1. The van der Waals surface area contributed by atoms with E-state index in [0.717, 1.165) is 23.0 Å². The maximum Gasteiger partial charge on any atom is 0.210 e. The maximum atomic E-state index is 13.4. The summed E-state index contributed by atoms with van der Waals surface area (Å²) < 4.78 is 26.8. The van der Waals surface area contributed by atoms with E-state index in [1.165, 1.54) is 5.56 Å². The summed E-state index contributed by atoms with van der Waals surface area (Å²) >= 11 is 0. The van der Waals surface area contributed by atoms with Crippen LogP contribution in [-0.2, 0) is 16.3 Å². The molecule has 0 radical (unpaired) electrons. The van der Waals surface area contributed by atoms with Gasteiger partial charge < -0.3 is 4.98 Å². The highest BCUT2D eigenvalue weighted by atomic mass is 32.2. The van der Waals surface area contributed by atoms with Crippen molar-refractivity contribution >= 4 is 31.9 Å². The number of fused-ring (bicyclic) bond motifs is 1. The summed E-state index contributed by atoms with van der Waals surface area (Å²) in [5.74, 6) is 0.338. The number of imidazole rings is 1. The van der Waals surface area contributed by atoms with Gasteiger partial charge in [0.15, 0.2) is 0 Å². The van der Waals surface area contributed by atoms with Crippen molar-refractivity contribution in [3.8, 4) is 0 Å². The number of benzene rings is 3. The molecule has 0 unspecified atom stereocenters. The first-order valence-electron chi connectivity index (χ1n) is 9.14. The quantitative estimate of drug-likeness (QED) is 0.517. The Labute approximate surface area is 164 Å². The van der Waals surface area contributed by atoms with Crippen molar-refractivity contribution in [2.75, 3.05) is 0 Å². The van der Waals surface area contributed by atoms with E-state index in [4.69, 9.17) is 0 Å². The number of hydrogen-bond acceptors (Lipinski definition) is 3. The Balaban J connectivity index is 1.91. The van der Waals surface area contributed by atoms with Crippen LogP contribution in [0.4, 0.5) is 0 Å². The molecule has 1 heterocycles. The molecule has 3 aromatic carbocycles. The van der Waals surface area contributed by atoms with Crippen molar-refractivity contribution < 1.29 is 8.42 Å². The third-order valence-electron chi connectivity index (χ3n) is 4.65. The van der Waals surface area contributed by atoms with E-state index in [1.807, 2.05) is 48.5 Å². The van der Waals surface area contributed by atoms with Crippen molar-refractivity contribution in [2.45, 2.75) is 18.2 Å². The van der Waals surface area contributed by atoms with Gasteiger partial charge in [0.1, 0.15) is 10.7 Å². The standard InChI is InChI=1S/C23H20N2O2S/c1-2-17-12-14-18(15-13-17)16-22(28(26,27)19-8-4-3-5-9-19)23-24-20-10-6-7-11-21(20)25-23/h3-16H,2H2,1H3,(H,24,25)/b22-16+. The van der Waals surface area contributed by atoms with Crippen molar-refractivity contribution in [2.24, 2.45) is 0 Å². The van der Waals surface area contributed by atoms with E-state index in [1.54, 1.807) is 36.4 Å². The molecule has 0 spiro atoms. The zero-order valence-electron chi connectivity index (χ0n) is 15.5. The number of nitrogens with zero attached hydrogens (tertiary/aromatic N) is 1. The van der Waals surface area contributed by atoms with Crippen LogP contribution >= 0.6 is 0 Å². The summed E-state index contributed by atoms with van der Waals surface area (Å²) in [6, 6.07) is 23.9. The third kappa shape index (κ3) is 3.49. The smallest absolute Gasteiger partial charge is 0.210 e. The molecule has 0 bridgehead atoms. The molecule has 0 saturated heterocycles. The van der Waals surface area contributed by atoms with Gasteiger partial charge in [0, 0.05) is 0 Å². The normalized spacial score (nSPS) is 12.4. The molecular formula is C23H20N2O2S. The summed E-state index contributed by atoms with van der Waals surface area (Å²) in [5.41, 5.74) is 3.54. The van der Waals surface area contributed by atoms with Crippen LogP contribution in [0.1, 0.15) is 23.9 Å². The van der Waals surface area contributed by atoms with E-state index in [2.05, 4.69) is 16.9 Å². The van der Waals surface area contributed by atoms with Crippen molar-refractivity contribution in [1.82, 2.24) is 9.97 Å². The molecule has 28 heavy (non-hydrogen) atoms. The second-order valence-electron chi connectivity index (χ2n) is 6.52. The SMILES string of the molecule is CCc1ccc(/C=C(\c2nc3ccccc3[nH]2)S(=O)(=O)c2ccccc2)cc1. The lowest BCUT2D eigenvalue weighted by molar-refractivity contribution is 0.606.